The zero-order valence-corrected chi connectivity index (χ0v) is 18.7. The quantitative estimate of drug-likeness (QED) is 0.519. The van der Waals surface area contributed by atoms with E-state index in [-0.39, 0.29) is 27.8 Å². The number of methoxy groups -OCH3 is 2. The Labute approximate surface area is 192 Å². The number of benzene rings is 2. The SMILES string of the molecule is CCOC(=O)C1=C(O)C(=Cc2cccc(OC)c2OC)SC1=Nc1cccc(C(F)(F)F)c1. The Morgan fingerprint density at radius 3 is 2.52 bits per heavy atom. The van der Waals surface area contributed by atoms with Crippen LogP contribution in [0.4, 0.5) is 18.9 Å². The summed E-state index contributed by atoms with van der Waals surface area (Å²) in [6, 6.07) is 9.50. The van der Waals surface area contributed by atoms with Crippen molar-refractivity contribution in [3.8, 4) is 11.5 Å². The van der Waals surface area contributed by atoms with Crippen LogP contribution < -0.4 is 9.47 Å². The number of hydrogen-bond acceptors (Lipinski definition) is 7. The second-order valence-corrected chi connectivity index (χ2v) is 7.63. The molecule has 1 N–H and O–H groups in total. The number of rotatable bonds is 6. The molecule has 33 heavy (non-hydrogen) atoms. The number of halogens is 3. The summed E-state index contributed by atoms with van der Waals surface area (Å²) in [6.07, 6.45) is -2.98. The summed E-state index contributed by atoms with van der Waals surface area (Å²) in [5.41, 5.74) is -0.584. The van der Waals surface area contributed by atoms with E-state index in [4.69, 9.17) is 14.2 Å². The number of ether oxygens (including phenoxy) is 3. The molecule has 0 saturated heterocycles. The van der Waals surface area contributed by atoms with E-state index in [0.29, 0.717) is 17.1 Å². The highest BCUT2D eigenvalue weighted by atomic mass is 32.2. The van der Waals surface area contributed by atoms with Crippen molar-refractivity contribution in [2.24, 2.45) is 4.99 Å². The molecule has 1 aliphatic rings. The van der Waals surface area contributed by atoms with Crippen LogP contribution in [0.2, 0.25) is 0 Å². The van der Waals surface area contributed by atoms with E-state index in [1.54, 1.807) is 31.2 Å². The summed E-state index contributed by atoms with van der Waals surface area (Å²) in [4.78, 5) is 17.0. The molecule has 0 radical (unpaired) electrons. The highest BCUT2D eigenvalue weighted by Gasteiger charge is 2.34. The lowest BCUT2D eigenvalue weighted by molar-refractivity contribution is -0.138. The predicted octanol–water partition coefficient (Wildman–Crippen LogP) is 5.92. The van der Waals surface area contributed by atoms with Gasteiger partial charge in [0.25, 0.3) is 0 Å². The Morgan fingerprint density at radius 1 is 1.15 bits per heavy atom. The Hall–Kier alpha value is -3.40. The first-order valence-electron chi connectivity index (χ1n) is 9.67. The summed E-state index contributed by atoms with van der Waals surface area (Å²) in [5.74, 6) is -0.369. The van der Waals surface area contributed by atoms with E-state index in [2.05, 4.69) is 4.99 Å². The standard InChI is InChI=1S/C23H20F3NO5S/c1-4-32-22(29)18-19(28)17(11-13-7-5-10-16(30-2)20(13)31-3)33-21(18)27-15-9-6-8-14(12-15)23(24,25)26/h5-12,28H,4H2,1-3H3. The molecule has 1 aliphatic heterocycles. The van der Waals surface area contributed by atoms with Crippen molar-refractivity contribution in [2.45, 2.75) is 13.1 Å². The van der Waals surface area contributed by atoms with Gasteiger partial charge in [-0.3, -0.25) is 0 Å². The smallest absolute Gasteiger partial charge is 0.416 e. The van der Waals surface area contributed by atoms with Crippen molar-refractivity contribution in [1.29, 1.82) is 0 Å². The number of hydrogen-bond donors (Lipinski definition) is 1. The number of nitrogens with zero attached hydrogens (tertiary/aromatic N) is 1. The molecule has 2 aromatic rings. The molecule has 0 unspecified atom stereocenters. The van der Waals surface area contributed by atoms with Gasteiger partial charge in [0.05, 0.1) is 37.0 Å². The topological polar surface area (TPSA) is 77.4 Å². The average molecular weight is 479 g/mol. The first-order chi connectivity index (χ1) is 15.7. The molecule has 6 nitrogen and oxygen atoms in total. The largest absolute Gasteiger partial charge is 0.506 e. The van der Waals surface area contributed by atoms with Gasteiger partial charge in [0, 0.05) is 5.56 Å². The van der Waals surface area contributed by atoms with Crippen molar-refractivity contribution in [3.05, 3.63) is 69.8 Å². The van der Waals surface area contributed by atoms with E-state index in [1.165, 1.54) is 26.4 Å². The maximum atomic E-state index is 13.1. The molecule has 0 aromatic heterocycles. The number of thioether (sulfide) groups is 1. The lowest BCUT2D eigenvalue weighted by Crippen LogP contribution is -2.13. The Kier molecular flexibility index (Phi) is 7.37. The Balaban J connectivity index is 2.10. The molecule has 0 saturated carbocycles. The van der Waals surface area contributed by atoms with Gasteiger partial charge in [-0.15, -0.1) is 0 Å². The summed E-state index contributed by atoms with van der Waals surface area (Å²) in [7, 11) is 2.94. The van der Waals surface area contributed by atoms with Gasteiger partial charge in [-0.25, -0.2) is 9.79 Å². The van der Waals surface area contributed by atoms with Gasteiger partial charge in [-0.05, 0) is 37.3 Å². The molecule has 1 heterocycles. The van der Waals surface area contributed by atoms with Crippen LogP contribution in [0.3, 0.4) is 0 Å². The minimum atomic E-state index is -4.55. The number of para-hydroxylation sites is 1. The number of aliphatic hydroxyl groups is 1. The highest BCUT2D eigenvalue weighted by molar-refractivity contribution is 8.18. The molecule has 0 aliphatic carbocycles. The van der Waals surface area contributed by atoms with Gasteiger partial charge < -0.3 is 19.3 Å². The van der Waals surface area contributed by atoms with Crippen LogP contribution in [0.15, 0.2) is 63.7 Å². The van der Waals surface area contributed by atoms with Crippen molar-refractivity contribution in [3.63, 3.8) is 0 Å². The van der Waals surface area contributed by atoms with Crippen LogP contribution in [0.1, 0.15) is 18.1 Å². The third-order valence-electron chi connectivity index (χ3n) is 4.49. The van der Waals surface area contributed by atoms with E-state index in [1.807, 2.05) is 0 Å². The van der Waals surface area contributed by atoms with Gasteiger partial charge >= 0.3 is 12.1 Å². The molecule has 3 rings (SSSR count). The first-order valence-corrected chi connectivity index (χ1v) is 10.5. The lowest BCUT2D eigenvalue weighted by Gasteiger charge is -2.10. The van der Waals surface area contributed by atoms with Gasteiger partial charge in [0.2, 0.25) is 0 Å². The van der Waals surface area contributed by atoms with E-state index in [0.717, 1.165) is 23.9 Å². The molecule has 0 bridgehead atoms. The third kappa shape index (κ3) is 5.33. The first kappa shape index (κ1) is 24.2. The number of esters is 1. The van der Waals surface area contributed by atoms with Crippen LogP contribution in [-0.2, 0) is 15.7 Å². The number of alkyl halides is 3. The summed E-state index contributed by atoms with van der Waals surface area (Å²) >= 11 is 0.925. The Bertz CT molecular complexity index is 1160. The zero-order valence-electron chi connectivity index (χ0n) is 17.9. The molecule has 2 aromatic carbocycles. The monoisotopic (exact) mass is 479 g/mol. The second-order valence-electron chi connectivity index (χ2n) is 6.60. The fourth-order valence-corrected chi connectivity index (χ4v) is 4.05. The third-order valence-corrected chi connectivity index (χ3v) is 5.51. The minimum absolute atomic E-state index is 0.0124. The normalized spacial score (nSPS) is 16.4. The van der Waals surface area contributed by atoms with E-state index in [9.17, 15) is 23.1 Å². The number of aliphatic imine (C=N–C) groups is 1. The van der Waals surface area contributed by atoms with E-state index < -0.39 is 23.5 Å². The van der Waals surface area contributed by atoms with Crippen LogP contribution in [0, 0.1) is 0 Å². The second kappa shape index (κ2) is 10.0. The number of aliphatic hydroxyl groups excluding tert-OH is 1. The Morgan fingerprint density at radius 2 is 1.88 bits per heavy atom. The van der Waals surface area contributed by atoms with Crippen molar-refractivity contribution < 1.29 is 37.3 Å². The molecule has 0 spiro atoms. The maximum absolute atomic E-state index is 13.1. The molecule has 10 heteroatoms. The van der Waals surface area contributed by atoms with Gasteiger partial charge in [-0.2, -0.15) is 13.2 Å². The van der Waals surface area contributed by atoms with Gasteiger partial charge in [0.1, 0.15) is 16.4 Å². The van der Waals surface area contributed by atoms with Crippen molar-refractivity contribution >= 4 is 34.5 Å². The van der Waals surface area contributed by atoms with Crippen LogP contribution in [-0.4, -0.2) is 36.9 Å². The molecular formula is C23H20F3NO5S. The van der Waals surface area contributed by atoms with Gasteiger partial charge in [0.15, 0.2) is 11.5 Å². The van der Waals surface area contributed by atoms with Crippen molar-refractivity contribution in [1.82, 2.24) is 0 Å². The maximum Gasteiger partial charge on any atom is 0.416 e. The minimum Gasteiger partial charge on any atom is -0.506 e. The summed E-state index contributed by atoms with van der Waals surface area (Å²) in [5, 5.41) is 10.8. The molecule has 0 amide bonds. The summed E-state index contributed by atoms with van der Waals surface area (Å²) < 4.78 is 54.9. The number of carbonyl (C=O) groups is 1. The van der Waals surface area contributed by atoms with E-state index >= 15 is 0 Å². The average Bonchev–Trinajstić information content (AvgIpc) is 3.07. The fraction of sp³-hybridized carbons (Fsp3) is 0.217. The van der Waals surface area contributed by atoms with Crippen molar-refractivity contribution in [2.75, 3.05) is 20.8 Å². The molecule has 0 fully saturated rings. The summed E-state index contributed by atoms with van der Waals surface area (Å²) in [6.45, 7) is 1.64. The fourth-order valence-electron chi connectivity index (χ4n) is 3.03. The predicted molar refractivity (Wildman–Crippen MR) is 120 cm³/mol. The van der Waals surface area contributed by atoms with Crippen LogP contribution in [0.5, 0.6) is 11.5 Å². The highest BCUT2D eigenvalue weighted by Crippen LogP contribution is 2.42. The molecular weight excluding hydrogens is 459 g/mol. The molecule has 0 atom stereocenters. The lowest BCUT2D eigenvalue weighted by atomic mass is 10.1. The number of carbonyl (C=O) groups excluding carboxylic acids is 1. The molecule has 174 valence electrons. The van der Waals surface area contributed by atoms with Crippen LogP contribution >= 0.6 is 11.8 Å². The van der Waals surface area contributed by atoms with Gasteiger partial charge in [-0.1, -0.05) is 30.0 Å². The van der Waals surface area contributed by atoms with Crippen LogP contribution in [0.25, 0.3) is 6.08 Å². The zero-order chi connectivity index (χ0) is 24.2.